The first kappa shape index (κ1) is 13.7. The van der Waals surface area contributed by atoms with E-state index in [1.807, 2.05) is 55.5 Å². The average Bonchev–Trinajstić information content (AvgIpc) is 3.04. The van der Waals surface area contributed by atoms with Crippen LogP contribution in [0.25, 0.3) is 0 Å². The largest absolute Gasteiger partial charge is 0.372 e. The zero-order chi connectivity index (χ0) is 14.7. The molecule has 0 bridgehead atoms. The summed E-state index contributed by atoms with van der Waals surface area (Å²) < 4.78 is 0. The van der Waals surface area contributed by atoms with Gasteiger partial charge in [-0.15, -0.1) is 0 Å². The van der Waals surface area contributed by atoms with Gasteiger partial charge in [0.2, 0.25) is 0 Å². The Morgan fingerprint density at radius 3 is 2.33 bits per heavy atom. The molecule has 21 heavy (non-hydrogen) atoms. The normalized spacial score (nSPS) is 14.2. The lowest BCUT2D eigenvalue weighted by atomic mass is 10.1. The molecule has 1 aliphatic heterocycles. The second-order valence-corrected chi connectivity index (χ2v) is 5.51. The number of para-hydroxylation sites is 1. The third kappa shape index (κ3) is 3.07. The molecule has 1 amide bonds. The van der Waals surface area contributed by atoms with Crippen LogP contribution in [-0.2, 0) is 0 Å². The Morgan fingerprint density at radius 2 is 1.67 bits per heavy atom. The van der Waals surface area contributed by atoms with E-state index >= 15 is 0 Å². The maximum atomic E-state index is 12.3. The maximum Gasteiger partial charge on any atom is 0.255 e. The van der Waals surface area contributed by atoms with Gasteiger partial charge in [-0.2, -0.15) is 0 Å². The zero-order valence-electron chi connectivity index (χ0n) is 12.3. The minimum atomic E-state index is -0.0581. The Kier molecular flexibility index (Phi) is 3.91. The molecule has 1 heterocycles. The Bertz CT molecular complexity index is 628. The van der Waals surface area contributed by atoms with Gasteiger partial charge in [-0.25, -0.2) is 0 Å². The summed E-state index contributed by atoms with van der Waals surface area (Å²) in [5.74, 6) is -0.0581. The van der Waals surface area contributed by atoms with Gasteiger partial charge in [-0.3, -0.25) is 4.79 Å². The van der Waals surface area contributed by atoms with Crippen molar-refractivity contribution < 1.29 is 4.79 Å². The van der Waals surface area contributed by atoms with Crippen molar-refractivity contribution in [2.75, 3.05) is 23.3 Å². The molecular weight excluding hydrogens is 260 g/mol. The molecule has 108 valence electrons. The first-order valence-electron chi connectivity index (χ1n) is 7.46. The van der Waals surface area contributed by atoms with Gasteiger partial charge in [-0.1, -0.05) is 18.2 Å². The number of nitrogens with zero attached hydrogens (tertiary/aromatic N) is 1. The smallest absolute Gasteiger partial charge is 0.255 e. The highest BCUT2D eigenvalue weighted by atomic mass is 16.1. The minimum Gasteiger partial charge on any atom is -0.372 e. The number of rotatable bonds is 3. The van der Waals surface area contributed by atoms with E-state index in [1.165, 1.54) is 18.5 Å². The Morgan fingerprint density at radius 1 is 1.00 bits per heavy atom. The van der Waals surface area contributed by atoms with Gasteiger partial charge in [-0.05, 0) is 55.7 Å². The standard InChI is InChI=1S/C18H20N2O/c1-14-6-2-3-7-17(14)19-18(21)15-8-10-16(11-9-15)20-12-4-5-13-20/h2-3,6-11H,4-5,12-13H2,1H3,(H,19,21). The quantitative estimate of drug-likeness (QED) is 0.926. The molecule has 3 heteroatoms. The summed E-state index contributed by atoms with van der Waals surface area (Å²) in [5.41, 5.74) is 3.84. The minimum absolute atomic E-state index is 0.0581. The number of aryl methyl sites for hydroxylation is 1. The maximum absolute atomic E-state index is 12.3. The number of anilines is 2. The Balaban J connectivity index is 1.71. The van der Waals surface area contributed by atoms with Gasteiger partial charge in [0, 0.05) is 30.0 Å². The lowest BCUT2D eigenvalue weighted by Crippen LogP contribution is -2.18. The molecular formula is C18H20N2O. The number of hydrogen-bond acceptors (Lipinski definition) is 2. The van der Waals surface area contributed by atoms with Crippen molar-refractivity contribution in [2.45, 2.75) is 19.8 Å². The molecule has 1 aliphatic rings. The van der Waals surface area contributed by atoms with E-state index in [4.69, 9.17) is 0 Å². The first-order valence-corrected chi connectivity index (χ1v) is 7.46. The predicted molar refractivity (Wildman–Crippen MR) is 87.0 cm³/mol. The fraction of sp³-hybridized carbons (Fsp3) is 0.278. The van der Waals surface area contributed by atoms with Gasteiger partial charge < -0.3 is 10.2 Å². The van der Waals surface area contributed by atoms with Crippen LogP contribution in [0.3, 0.4) is 0 Å². The topological polar surface area (TPSA) is 32.3 Å². The van der Waals surface area contributed by atoms with Crippen molar-refractivity contribution in [3.8, 4) is 0 Å². The van der Waals surface area contributed by atoms with Crippen LogP contribution in [0.2, 0.25) is 0 Å². The molecule has 0 spiro atoms. The van der Waals surface area contributed by atoms with Crippen molar-refractivity contribution in [1.29, 1.82) is 0 Å². The predicted octanol–water partition coefficient (Wildman–Crippen LogP) is 3.85. The third-order valence-corrected chi connectivity index (χ3v) is 3.99. The van der Waals surface area contributed by atoms with Gasteiger partial charge in [0.25, 0.3) is 5.91 Å². The fourth-order valence-electron chi connectivity index (χ4n) is 2.71. The number of carbonyl (C=O) groups is 1. The van der Waals surface area contributed by atoms with E-state index in [0.29, 0.717) is 5.56 Å². The first-order chi connectivity index (χ1) is 10.2. The van der Waals surface area contributed by atoms with E-state index < -0.39 is 0 Å². The number of carbonyl (C=O) groups excluding carboxylic acids is 1. The molecule has 0 atom stereocenters. The molecule has 2 aromatic carbocycles. The second-order valence-electron chi connectivity index (χ2n) is 5.51. The van der Waals surface area contributed by atoms with Crippen LogP contribution in [0, 0.1) is 6.92 Å². The molecule has 0 aromatic heterocycles. The Hall–Kier alpha value is -2.29. The summed E-state index contributed by atoms with van der Waals surface area (Å²) in [6.45, 7) is 4.23. The number of amides is 1. The number of nitrogens with one attached hydrogen (secondary N) is 1. The molecule has 0 aliphatic carbocycles. The molecule has 1 N–H and O–H groups in total. The fourth-order valence-corrected chi connectivity index (χ4v) is 2.71. The van der Waals surface area contributed by atoms with Crippen LogP contribution in [0.1, 0.15) is 28.8 Å². The van der Waals surface area contributed by atoms with Gasteiger partial charge >= 0.3 is 0 Å². The van der Waals surface area contributed by atoms with Gasteiger partial charge in [0.1, 0.15) is 0 Å². The molecule has 0 unspecified atom stereocenters. The van der Waals surface area contributed by atoms with Crippen LogP contribution in [0.4, 0.5) is 11.4 Å². The lowest BCUT2D eigenvalue weighted by Gasteiger charge is -2.17. The number of hydrogen-bond donors (Lipinski definition) is 1. The highest BCUT2D eigenvalue weighted by Gasteiger charge is 2.13. The average molecular weight is 280 g/mol. The summed E-state index contributed by atoms with van der Waals surface area (Å²) >= 11 is 0. The molecule has 3 rings (SSSR count). The SMILES string of the molecule is Cc1ccccc1NC(=O)c1ccc(N2CCCC2)cc1. The van der Waals surface area contributed by atoms with E-state index in [-0.39, 0.29) is 5.91 Å². The number of benzene rings is 2. The lowest BCUT2D eigenvalue weighted by molar-refractivity contribution is 0.102. The van der Waals surface area contributed by atoms with Crippen LogP contribution in [-0.4, -0.2) is 19.0 Å². The summed E-state index contributed by atoms with van der Waals surface area (Å²) in [4.78, 5) is 14.6. The monoisotopic (exact) mass is 280 g/mol. The highest BCUT2D eigenvalue weighted by molar-refractivity contribution is 6.04. The second kappa shape index (κ2) is 6.00. The molecule has 0 radical (unpaired) electrons. The molecule has 0 saturated carbocycles. The summed E-state index contributed by atoms with van der Waals surface area (Å²) in [6.07, 6.45) is 2.52. The van der Waals surface area contributed by atoms with Crippen LogP contribution >= 0.6 is 0 Å². The molecule has 3 nitrogen and oxygen atoms in total. The van der Waals surface area contributed by atoms with E-state index in [2.05, 4.69) is 10.2 Å². The Labute approximate surface area is 125 Å². The van der Waals surface area contributed by atoms with E-state index in [0.717, 1.165) is 24.3 Å². The van der Waals surface area contributed by atoms with Crippen LogP contribution in [0.5, 0.6) is 0 Å². The van der Waals surface area contributed by atoms with Crippen molar-refractivity contribution in [1.82, 2.24) is 0 Å². The van der Waals surface area contributed by atoms with Crippen LogP contribution < -0.4 is 10.2 Å². The van der Waals surface area contributed by atoms with Crippen molar-refractivity contribution in [2.24, 2.45) is 0 Å². The molecule has 2 aromatic rings. The van der Waals surface area contributed by atoms with Crippen molar-refractivity contribution in [3.63, 3.8) is 0 Å². The van der Waals surface area contributed by atoms with E-state index in [1.54, 1.807) is 0 Å². The highest BCUT2D eigenvalue weighted by Crippen LogP contribution is 2.21. The summed E-state index contributed by atoms with van der Waals surface area (Å²) in [6, 6.07) is 15.7. The van der Waals surface area contributed by atoms with Crippen molar-refractivity contribution >= 4 is 17.3 Å². The molecule has 1 saturated heterocycles. The van der Waals surface area contributed by atoms with E-state index in [9.17, 15) is 4.79 Å². The summed E-state index contributed by atoms with van der Waals surface area (Å²) in [7, 11) is 0. The molecule has 1 fully saturated rings. The van der Waals surface area contributed by atoms with Crippen LogP contribution in [0.15, 0.2) is 48.5 Å². The van der Waals surface area contributed by atoms with Crippen molar-refractivity contribution in [3.05, 3.63) is 59.7 Å². The van der Waals surface area contributed by atoms with Gasteiger partial charge in [0.05, 0.1) is 0 Å². The van der Waals surface area contributed by atoms with Gasteiger partial charge in [0.15, 0.2) is 0 Å². The summed E-state index contributed by atoms with van der Waals surface area (Å²) in [5, 5.41) is 2.96. The zero-order valence-corrected chi connectivity index (χ0v) is 12.3. The third-order valence-electron chi connectivity index (χ3n) is 3.99.